The molecule has 22 heavy (non-hydrogen) atoms. The van der Waals surface area contributed by atoms with Gasteiger partial charge in [-0.15, -0.1) is 11.8 Å². The van der Waals surface area contributed by atoms with Gasteiger partial charge >= 0.3 is 0 Å². The number of para-hydroxylation sites is 1. The molecule has 0 bridgehead atoms. The van der Waals surface area contributed by atoms with Crippen molar-refractivity contribution in [2.24, 2.45) is 11.3 Å². The summed E-state index contributed by atoms with van der Waals surface area (Å²) in [7, 11) is 0. The van der Waals surface area contributed by atoms with Gasteiger partial charge in [0.1, 0.15) is 0 Å². The van der Waals surface area contributed by atoms with Crippen LogP contribution < -0.4 is 4.90 Å². The molecule has 1 saturated carbocycles. The van der Waals surface area contributed by atoms with Crippen molar-refractivity contribution in [1.29, 1.82) is 0 Å². The molecule has 3 rings (SSSR count). The highest BCUT2D eigenvalue weighted by Gasteiger charge is 2.52. The van der Waals surface area contributed by atoms with E-state index in [1.54, 1.807) is 0 Å². The Morgan fingerprint density at radius 1 is 1.14 bits per heavy atom. The molecule has 2 fully saturated rings. The third kappa shape index (κ3) is 2.68. The highest BCUT2D eigenvalue weighted by Crippen LogP contribution is 2.54. The van der Waals surface area contributed by atoms with Gasteiger partial charge in [-0.1, -0.05) is 39.0 Å². The number of carbonyl (C=O) groups excluding carboxylic acids is 1. The molecule has 1 spiro atoms. The monoisotopic (exact) mass is 317 g/mol. The van der Waals surface area contributed by atoms with Crippen molar-refractivity contribution in [3.05, 3.63) is 30.3 Å². The van der Waals surface area contributed by atoms with Crippen molar-refractivity contribution in [2.45, 2.75) is 63.5 Å². The number of amides is 1. The minimum Gasteiger partial charge on any atom is -0.296 e. The maximum atomic E-state index is 12.8. The smallest absolute Gasteiger partial charge is 0.241 e. The summed E-state index contributed by atoms with van der Waals surface area (Å²) in [5.74, 6) is 1.05. The summed E-state index contributed by atoms with van der Waals surface area (Å²) >= 11 is 1.89. The molecular formula is C19H27NOS. The van der Waals surface area contributed by atoms with Gasteiger partial charge in [0.25, 0.3) is 0 Å². The lowest BCUT2D eigenvalue weighted by atomic mass is 9.71. The van der Waals surface area contributed by atoms with Crippen LogP contribution in [0.15, 0.2) is 30.3 Å². The maximum Gasteiger partial charge on any atom is 0.241 e. The van der Waals surface area contributed by atoms with Crippen LogP contribution in [0, 0.1) is 11.3 Å². The second-order valence-electron chi connectivity index (χ2n) is 7.86. The first-order chi connectivity index (χ1) is 10.3. The average molecular weight is 317 g/mol. The molecule has 1 aliphatic carbocycles. The summed E-state index contributed by atoms with van der Waals surface area (Å²) in [6.07, 6.45) is 4.68. The lowest BCUT2D eigenvalue weighted by Crippen LogP contribution is -2.48. The van der Waals surface area contributed by atoms with E-state index in [0.717, 1.165) is 24.4 Å². The Labute approximate surface area is 138 Å². The van der Waals surface area contributed by atoms with Crippen LogP contribution in [0.2, 0.25) is 0 Å². The molecule has 0 aromatic heterocycles. The molecule has 0 radical (unpaired) electrons. The number of hydrogen-bond donors (Lipinski definition) is 0. The van der Waals surface area contributed by atoms with E-state index in [4.69, 9.17) is 0 Å². The SMILES string of the molecule is C[C@@H]1SC2(CCC(C(C)(C)C)CC2)N(c2ccccc2)C1=O. The molecule has 0 unspecified atom stereocenters. The van der Waals surface area contributed by atoms with E-state index in [-0.39, 0.29) is 16.0 Å². The Hall–Kier alpha value is -0.960. The van der Waals surface area contributed by atoms with Crippen LogP contribution >= 0.6 is 11.8 Å². The first-order valence-electron chi connectivity index (χ1n) is 8.40. The van der Waals surface area contributed by atoms with E-state index in [1.165, 1.54) is 12.8 Å². The third-order valence-corrected chi connectivity index (χ3v) is 6.96. The standard InChI is InChI=1S/C19H27NOS/c1-14-17(21)20(16-8-6-5-7-9-16)19(22-14)12-10-15(11-13-19)18(2,3)4/h5-9,14-15H,10-13H2,1-4H3/t14-,15?,19?/m0/s1. The molecule has 1 atom stereocenters. The Bertz CT molecular complexity index is 540. The first-order valence-corrected chi connectivity index (χ1v) is 9.28. The second-order valence-corrected chi connectivity index (χ2v) is 9.56. The van der Waals surface area contributed by atoms with E-state index in [2.05, 4.69) is 44.7 Å². The molecule has 0 N–H and O–H groups in total. The highest BCUT2D eigenvalue weighted by molar-refractivity contribution is 8.02. The molecular weight excluding hydrogens is 290 g/mol. The molecule has 120 valence electrons. The molecule has 1 aliphatic heterocycles. The molecule has 1 amide bonds. The van der Waals surface area contributed by atoms with Crippen molar-refractivity contribution in [2.75, 3.05) is 4.90 Å². The summed E-state index contributed by atoms with van der Waals surface area (Å²) in [5, 5.41) is 0.0754. The van der Waals surface area contributed by atoms with Gasteiger partial charge in [-0.25, -0.2) is 0 Å². The number of carbonyl (C=O) groups is 1. The zero-order valence-corrected chi connectivity index (χ0v) is 15.0. The predicted molar refractivity (Wildman–Crippen MR) is 95.1 cm³/mol. The van der Waals surface area contributed by atoms with E-state index in [1.807, 2.05) is 30.0 Å². The van der Waals surface area contributed by atoms with Crippen molar-refractivity contribution < 1.29 is 4.79 Å². The first kappa shape index (κ1) is 15.9. The fraction of sp³-hybridized carbons (Fsp3) is 0.632. The fourth-order valence-corrected chi connectivity index (χ4v) is 5.67. The lowest BCUT2D eigenvalue weighted by Gasteiger charge is -2.45. The summed E-state index contributed by atoms with van der Waals surface area (Å²) in [5.41, 5.74) is 1.44. The Morgan fingerprint density at radius 3 is 2.27 bits per heavy atom. The van der Waals surface area contributed by atoms with Crippen LogP contribution in [0.5, 0.6) is 0 Å². The number of anilines is 1. The normalized spacial score (nSPS) is 32.7. The van der Waals surface area contributed by atoms with E-state index < -0.39 is 0 Å². The van der Waals surface area contributed by atoms with Crippen LogP contribution in [0.25, 0.3) is 0 Å². The number of benzene rings is 1. The topological polar surface area (TPSA) is 20.3 Å². The third-order valence-electron chi connectivity index (χ3n) is 5.38. The minimum absolute atomic E-state index is 0.0143. The van der Waals surface area contributed by atoms with Gasteiger partial charge in [-0.3, -0.25) is 9.69 Å². The van der Waals surface area contributed by atoms with Crippen molar-refractivity contribution in [1.82, 2.24) is 0 Å². The summed E-state index contributed by atoms with van der Waals surface area (Å²) in [4.78, 5) is 14.9. The van der Waals surface area contributed by atoms with Crippen molar-refractivity contribution >= 4 is 23.4 Å². The Kier molecular flexibility index (Phi) is 4.05. The highest BCUT2D eigenvalue weighted by atomic mass is 32.2. The number of rotatable bonds is 1. The van der Waals surface area contributed by atoms with Gasteiger partial charge in [0.2, 0.25) is 5.91 Å². The van der Waals surface area contributed by atoms with Crippen LogP contribution in [-0.4, -0.2) is 16.0 Å². The Morgan fingerprint density at radius 2 is 1.73 bits per heavy atom. The largest absolute Gasteiger partial charge is 0.296 e. The number of thioether (sulfide) groups is 1. The van der Waals surface area contributed by atoms with Crippen LogP contribution in [0.1, 0.15) is 53.4 Å². The quantitative estimate of drug-likeness (QED) is 0.719. The van der Waals surface area contributed by atoms with Gasteiger partial charge in [0.15, 0.2) is 0 Å². The average Bonchev–Trinajstić information content (AvgIpc) is 2.70. The van der Waals surface area contributed by atoms with Crippen LogP contribution in [-0.2, 0) is 4.79 Å². The van der Waals surface area contributed by atoms with Gasteiger partial charge in [-0.2, -0.15) is 0 Å². The molecule has 2 aliphatic rings. The van der Waals surface area contributed by atoms with Crippen molar-refractivity contribution in [3.63, 3.8) is 0 Å². The zero-order valence-electron chi connectivity index (χ0n) is 14.1. The molecule has 2 nitrogen and oxygen atoms in total. The zero-order chi connectivity index (χ0) is 16.0. The van der Waals surface area contributed by atoms with Gasteiger partial charge in [0.05, 0.1) is 10.1 Å². The lowest BCUT2D eigenvalue weighted by molar-refractivity contribution is -0.118. The maximum absolute atomic E-state index is 12.8. The number of nitrogens with zero attached hydrogens (tertiary/aromatic N) is 1. The fourth-order valence-electron chi connectivity index (χ4n) is 4.03. The summed E-state index contributed by atoms with van der Waals surface area (Å²) in [6.45, 7) is 9.11. The molecule has 1 saturated heterocycles. The van der Waals surface area contributed by atoms with E-state index in [9.17, 15) is 4.79 Å². The van der Waals surface area contributed by atoms with E-state index >= 15 is 0 Å². The van der Waals surface area contributed by atoms with Gasteiger partial charge in [-0.05, 0) is 56.1 Å². The van der Waals surface area contributed by atoms with Gasteiger partial charge < -0.3 is 0 Å². The molecule has 1 heterocycles. The predicted octanol–water partition coefficient (Wildman–Crippen LogP) is 5.09. The van der Waals surface area contributed by atoms with Crippen LogP contribution in [0.3, 0.4) is 0 Å². The number of hydrogen-bond acceptors (Lipinski definition) is 2. The summed E-state index contributed by atoms with van der Waals surface area (Å²) < 4.78 is 0. The summed E-state index contributed by atoms with van der Waals surface area (Å²) in [6, 6.07) is 10.2. The minimum atomic E-state index is -0.0143. The van der Waals surface area contributed by atoms with E-state index in [0.29, 0.717) is 5.41 Å². The van der Waals surface area contributed by atoms with Crippen LogP contribution in [0.4, 0.5) is 5.69 Å². The van der Waals surface area contributed by atoms with Gasteiger partial charge in [0, 0.05) is 5.69 Å². The Balaban J connectivity index is 1.88. The molecule has 3 heteroatoms. The molecule has 1 aromatic carbocycles. The second kappa shape index (κ2) is 5.59. The molecule has 1 aromatic rings. The van der Waals surface area contributed by atoms with Crippen molar-refractivity contribution in [3.8, 4) is 0 Å².